The first-order valence-electron chi connectivity index (χ1n) is 15.6. The van der Waals surface area contributed by atoms with Crippen LogP contribution in [-0.4, -0.2) is 73.5 Å². The number of hydrogen-bond acceptors (Lipinski definition) is 8. The molecule has 1 aliphatic carbocycles. The molecule has 4 amide bonds. The van der Waals surface area contributed by atoms with E-state index in [1.807, 2.05) is 38.1 Å². The van der Waals surface area contributed by atoms with Crippen molar-refractivity contribution in [3.8, 4) is 6.19 Å². The summed E-state index contributed by atoms with van der Waals surface area (Å²) in [5, 5.41) is 26.4. The van der Waals surface area contributed by atoms with Gasteiger partial charge in [0, 0.05) is 18.9 Å². The molecule has 13 nitrogen and oxygen atoms in total. The van der Waals surface area contributed by atoms with Crippen LogP contribution in [0.2, 0.25) is 0 Å². The predicted molar refractivity (Wildman–Crippen MR) is 164 cm³/mol. The molecule has 1 saturated carbocycles. The molecule has 1 unspecified atom stereocenters. The fourth-order valence-electron chi connectivity index (χ4n) is 6.23. The second-order valence-corrected chi connectivity index (χ2v) is 13.4. The Bertz CT molecular complexity index is 1530. The molecule has 13 heteroatoms. The van der Waals surface area contributed by atoms with Crippen LogP contribution in [0.4, 0.5) is 4.79 Å². The number of fused-ring (bicyclic) bond motifs is 3. The number of rotatable bonds is 3. The van der Waals surface area contributed by atoms with Gasteiger partial charge in [0.2, 0.25) is 11.8 Å². The van der Waals surface area contributed by atoms with Gasteiger partial charge in [-0.2, -0.15) is 20.3 Å². The van der Waals surface area contributed by atoms with Gasteiger partial charge in [0.05, 0.1) is 6.04 Å². The lowest BCUT2D eigenvalue weighted by Gasteiger charge is -2.30. The van der Waals surface area contributed by atoms with Crippen LogP contribution in [0, 0.1) is 31.2 Å². The zero-order valence-electron chi connectivity index (χ0n) is 26.6. The standard InChI is InChI=1S/C32H42N8O5/c1-19-13-24-25(14-20(19)2)38-40(37-24)22-15-26-27(41)36-32(29(43)34-18-33)16-21(32)11-9-7-6-8-10-12-23(28(42)39(26)17-22)35-30(44)45-31(3,4)5/h9,11,13-14,21-23,26H,6-8,10,12,15-17H2,1-5H3,(H,34,43)(H,35,44)(H,36,41)/b11-9+/t21?,22-,23-,26+,32-/m1/s1. The second kappa shape index (κ2) is 12.5. The summed E-state index contributed by atoms with van der Waals surface area (Å²) >= 11 is 0. The minimum absolute atomic E-state index is 0.128. The first-order chi connectivity index (χ1) is 21.3. The number of ether oxygens (including phenoxy) is 1. The number of carbonyl (C=O) groups is 4. The van der Waals surface area contributed by atoms with E-state index in [1.54, 1.807) is 31.8 Å². The van der Waals surface area contributed by atoms with Crippen LogP contribution in [0.1, 0.15) is 82.9 Å². The van der Waals surface area contributed by atoms with Crippen molar-refractivity contribution in [2.75, 3.05) is 6.54 Å². The van der Waals surface area contributed by atoms with E-state index in [4.69, 9.17) is 10.00 Å². The van der Waals surface area contributed by atoms with Gasteiger partial charge in [-0.05, 0) is 83.6 Å². The van der Waals surface area contributed by atoms with Crippen LogP contribution in [0.25, 0.3) is 11.0 Å². The Balaban J connectivity index is 1.48. The number of benzene rings is 1. The van der Waals surface area contributed by atoms with E-state index in [9.17, 15) is 19.2 Å². The highest BCUT2D eigenvalue weighted by Gasteiger charge is 2.61. The van der Waals surface area contributed by atoms with Gasteiger partial charge in [-0.1, -0.05) is 25.0 Å². The number of nitriles is 1. The number of alkyl carbamates (subject to hydrolysis) is 1. The van der Waals surface area contributed by atoms with Crippen molar-refractivity contribution in [2.45, 2.75) is 109 Å². The number of aryl methyl sites for hydroxylation is 2. The smallest absolute Gasteiger partial charge is 0.408 e. The first-order valence-corrected chi connectivity index (χ1v) is 15.6. The highest BCUT2D eigenvalue weighted by Crippen LogP contribution is 2.45. The maximum Gasteiger partial charge on any atom is 0.408 e. The van der Waals surface area contributed by atoms with Gasteiger partial charge < -0.3 is 20.3 Å². The number of allylic oxidation sites excluding steroid dienone is 1. The molecule has 45 heavy (non-hydrogen) atoms. The molecular weight excluding hydrogens is 576 g/mol. The Morgan fingerprint density at radius 3 is 2.44 bits per heavy atom. The van der Waals surface area contributed by atoms with Gasteiger partial charge in [0.1, 0.15) is 34.3 Å². The molecule has 3 heterocycles. The summed E-state index contributed by atoms with van der Waals surface area (Å²) in [4.78, 5) is 57.2. The minimum Gasteiger partial charge on any atom is -0.444 e. The van der Waals surface area contributed by atoms with E-state index in [-0.39, 0.29) is 18.9 Å². The van der Waals surface area contributed by atoms with E-state index >= 15 is 0 Å². The quantitative estimate of drug-likeness (QED) is 0.268. The summed E-state index contributed by atoms with van der Waals surface area (Å²) in [6.45, 7) is 9.37. The van der Waals surface area contributed by atoms with Crippen LogP contribution in [0.3, 0.4) is 0 Å². The van der Waals surface area contributed by atoms with Crippen molar-refractivity contribution in [2.24, 2.45) is 5.92 Å². The molecule has 2 aliphatic heterocycles. The first kappa shape index (κ1) is 31.9. The Labute approximate surface area is 262 Å². The zero-order chi connectivity index (χ0) is 32.5. The highest BCUT2D eigenvalue weighted by molar-refractivity contribution is 5.98. The second-order valence-electron chi connectivity index (χ2n) is 13.4. The maximum absolute atomic E-state index is 14.2. The summed E-state index contributed by atoms with van der Waals surface area (Å²) in [5.74, 6) is -1.78. The number of carbonyl (C=O) groups excluding carboxylic acids is 4. The van der Waals surface area contributed by atoms with Crippen molar-refractivity contribution >= 4 is 34.8 Å². The van der Waals surface area contributed by atoms with Crippen molar-refractivity contribution in [3.63, 3.8) is 0 Å². The molecular formula is C32H42N8O5. The monoisotopic (exact) mass is 618 g/mol. The Hall–Kier alpha value is -4.47. The Morgan fingerprint density at radius 1 is 1.11 bits per heavy atom. The molecule has 0 bridgehead atoms. The molecule has 3 aliphatic rings. The fourth-order valence-corrected chi connectivity index (χ4v) is 6.23. The summed E-state index contributed by atoms with van der Waals surface area (Å²) in [5.41, 5.74) is 1.54. The van der Waals surface area contributed by atoms with Crippen molar-refractivity contribution < 1.29 is 23.9 Å². The molecule has 2 fully saturated rings. The van der Waals surface area contributed by atoms with E-state index in [0.717, 1.165) is 30.4 Å². The third-order valence-corrected chi connectivity index (χ3v) is 8.86. The molecule has 5 rings (SSSR count). The van der Waals surface area contributed by atoms with Gasteiger partial charge in [-0.15, -0.1) is 0 Å². The highest BCUT2D eigenvalue weighted by atomic mass is 16.6. The van der Waals surface area contributed by atoms with Crippen molar-refractivity contribution in [1.29, 1.82) is 5.26 Å². The number of hydrogen-bond donors (Lipinski definition) is 3. The van der Waals surface area contributed by atoms with Gasteiger partial charge in [0.25, 0.3) is 5.91 Å². The lowest BCUT2D eigenvalue weighted by Crippen LogP contribution is -2.57. The van der Waals surface area contributed by atoms with Gasteiger partial charge in [-0.25, -0.2) is 4.79 Å². The third kappa shape index (κ3) is 6.95. The molecule has 0 radical (unpaired) electrons. The maximum atomic E-state index is 14.2. The topological polar surface area (TPSA) is 171 Å². The van der Waals surface area contributed by atoms with E-state index in [2.05, 4.69) is 26.1 Å². The van der Waals surface area contributed by atoms with Crippen molar-refractivity contribution in [3.05, 3.63) is 35.4 Å². The van der Waals surface area contributed by atoms with Gasteiger partial charge in [0.15, 0.2) is 6.19 Å². The minimum atomic E-state index is -1.28. The summed E-state index contributed by atoms with van der Waals surface area (Å²) in [6, 6.07) is 1.59. The third-order valence-electron chi connectivity index (χ3n) is 8.86. The van der Waals surface area contributed by atoms with Gasteiger partial charge in [-0.3, -0.25) is 19.7 Å². The average Bonchev–Trinajstić information content (AvgIpc) is 3.26. The lowest BCUT2D eigenvalue weighted by molar-refractivity contribution is -0.141. The van der Waals surface area contributed by atoms with E-state index in [1.165, 1.54) is 4.90 Å². The van der Waals surface area contributed by atoms with Crippen LogP contribution in [-0.2, 0) is 19.1 Å². The molecule has 1 aromatic heterocycles. The van der Waals surface area contributed by atoms with Crippen LogP contribution in [0.15, 0.2) is 24.3 Å². The predicted octanol–water partition coefficient (Wildman–Crippen LogP) is 3.08. The fraction of sp³-hybridized carbons (Fsp3) is 0.594. The van der Waals surface area contributed by atoms with Crippen LogP contribution >= 0.6 is 0 Å². The number of nitrogens with zero attached hydrogens (tertiary/aromatic N) is 5. The molecule has 1 saturated heterocycles. The molecule has 3 N–H and O–H groups in total. The molecule has 2 aromatic rings. The van der Waals surface area contributed by atoms with Gasteiger partial charge >= 0.3 is 6.09 Å². The average molecular weight is 619 g/mol. The molecule has 5 atom stereocenters. The molecule has 1 aromatic carbocycles. The zero-order valence-corrected chi connectivity index (χ0v) is 26.6. The van der Waals surface area contributed by atoms with Crippen LogP contribution < -0.4 is 16.0 Å². The van der Waals surface area contributed by atoms with Crippen LogP contribution in [0.5, 0.6) is 0 Å². The number of amides is 4. The number of nitrogens with one attached hydrogen (secondary N) is 3. The van der Waals surface area contributed by atoms with Crippen molar-refractivity contribution in [1.82, 2.24) is 35.8 Å². The largest absolute Gasteiger partial charge is 0.444 e. The molecule has 240 valence electrons. The summed E-state index contributed by atoms with van der Waals surface area (Å²) < 4.78 is 5.47. The Morgan fingerprint density at radius 2 is 1.80 bits per heavy atom. The summed E-state index contributed by atoms with van der Waals surface area (Å²) in [7, 11) is 0. The normalized spacial score (nSPS) is 28.0. The molecule has 0 spiro atoms. The summed E-state index contributed by atoms with van der Waals surface area (Å²) in [6.07, 6.45) is 8.92. The number of aromatic nitrogens is 3. The lowest BCUT2D eigenvalue weighted by atomic mass is 10.0. The Kier molecular flexibility index (Phi) is 8.87. The SMILES string of the molecule is Cc1cc2nn([C@@H]3C[C@H]4C(=O)N[C@]5(C(=O)NC#N)CC5/C=C/CCCCC[C@@H](NC(=O)OC(C)(C)C)C(=O)N4C3)nc2cc1C. The van der Waals surface area contributed by atoms with E-state index in [0.29, 0.717) is 30.3 Å². The van der Waals surface area contributed by atoms with E-state index < -0.39 is 53.1 Å².